The molecule has 1 aromatic heterocycles. The quantitative estimate of drug-likeness (QED) is 0.821. The molecule has 0 saturated carbocycles. The number of sulfonamides is 1. The van der Waals surface area contributed by atoms with Crippen LogP contribution < -0.4 is 15.2 Å². The molecule has 0 bridgehead atoms. The van der Waals surface area contributed by atoms with E-state index in [0.29, 0.717) is 5.75 Å². The third kappa shape index (κ3) is 4.31. The second-order valence-electron chi connectivity index (χ2n) is 3.82. The molecule has 1 heterocycles. The molecule has 2 aromatic rings. The van der Waals surface area contributed by atoms with Gasteiger partial charge in [0.2, 0.25) is 0 Å². The summed E-state index contributed by atoms with van der Waals surface area (Å²) >= 11 is 6.46. The van der Waals surface area contributed by atoms with Crippen LogP contribution in [0.5, 0.6) is 5.75 Å². The number of rotatable bonds is 6. The van der Waals surface area contributed by atoms with Gasteiger partial charge in [0.15, 0.2) is 15.3 Å². The van der Waals surface area contributed by atoms with Crippen molar-refractivity contribution >= 4 is 44.6 Å². The van der Waals surface area contributed by atoms with E-state index in [1.807, 2.05) is 0 Å². The highest BCUT2D eigenvalue weighted by molar-refractivity contribution is 7.94. The summed E-state index contributed by atoms with van der Waals surface area (Å²) in [6.45, 7) is -0.291. The smallest absolute Gasteiger partial charge is 0.273 e. The molecule has 21 heavy (non-hydrogen) atoms. The lowest BCUT2D eigenvalue weighted by Crippen LogP contribution is -2.20. The number of hydrogen-bond acceptors (Lipinski definition) is 6. The molecule has 0 fully saturated rings. The Labute approximate surface area is 129 Å². The van der Waals surface area contributed by atoms with Gasteiger partial charge in [0.1, 0.15) is 5.75 Å². The number of amides is 1. The Morgan fingerprint density at radius 1 is 1.48 bits per heavy atom. The Balaban J connectivity index is 2.16. The minimum Gasteiger partial charge on any atom is -0.484 e. The second-order valence-corrected chi connectivity index (χ2v) is 7.34. The van der Waals surface area contributed by atoms with Gasteiger partial charge < -0.3 is 10.5 Å². The summed E-state index contributed by atoms with van der Waals surface area (Å²) in [4.78, 5) is 14.3. The minimum absolute atomic E-state index is 0.00374. The van der Waals surface area contributed by atoms with Crippen molar-refractivity contribution in [1.82, 2.24) is 4.98 Å². The molecule has 0 aliphatic rings. The number of nitrogens with two attached hydrogens (primary N) is 1. The van der Waals surface area contributed by atoms with Crippen LogP contribution in [0, 0.1) is 0 Å². The van der Waals surface area contributed by atoms with E-state index in [9.17, 15) is 13.2 Å². The first-order valence-corrected chi connectivity index (χ1v) is 8.20. The minimum atomic E-state index is -3.77. The highest BCUT2D eigenvalue weighted by Crippen LogP contribution is 2.25. The molecule has 1 aromatic carbocycles. The largest absolute Gasteiger partial charge is 0.484 e. The first-order chi connectivity index (χ1) is 9.87. The first kappa shape index (κ1) is 15.5. The van der Waals surface area contributed by atoms with Crippen molar-refractivity contribution in [2.24, 2.45) is 5.73 Å². The Bertz CT molecular complexity index is 760. The molecule has 0 aliphatic heterocycles. The van der Waals surface area contributed by atoms with Crippen LogP contribution in [0.2, 0.25) is 4.47 Å². The van der Waals surface area contributed by atoms with Crippen molar-refractivity contribution < 1.29 is 17.9 Å². The maximum absolute atomic E-state index is 12.1. The van der Waals surface area contributed by atoms with E-state index in [1.165, 1.54) is 18.3 Å². The average molecular weight is 348 g/mol. The molecule has 1 amide bonds. The summed E-state index contributed by atoms with van der Waals surface area (Å²) in [5.74, 6) is -0.309. The fourth-order valence-corrected chi connectivity index (χ4v) is 3.71. The molecular weight excluding hydrogens is 338 g/mol. The number of ether oxygens (including phenoxy) is 1. The van der Waals surface area contributed by atoms with Gasteiger partial charge >= 0.3 is 0 Å². The van der Waals surface area contributed by atoms with Crippen molar-refractivity contribution in [3.8, 4) is 5.75 Å². The zero-order chi connectivity index (χ0) is 15.5. The number of nitrogens with zero attached hydrogens (tertiary/aromatic N) is 1. The van der Waals surface area contributed by atoms with Gasteiger partial charge in [-0.15, -0.1) is 0 Å². The van der Waals surface area contributed by atoms with E-state index in [2.05, 4.69) is 9.71 Å². The van der Waals surface area contributed by atoms with Gasteiger partial charge in [-0.3, -0.25) is 9.52 Å². The molecule has 0 spiro atoms. The summed E-state index contributed by atoms with van der Waals surface area (Å²) in [5.41, 5.74) is 5.24. The van der Waals surface area contributed by atoms with Crippen LogP contribution in [0.25, 0.3) is 0 Å². The predicted octanol–water partition coefficient (Wildman–Crippen LogP) is 1.46. The van der Waals surface area contributed by atoms with E-state index in [1.54, 1.807) is 12.1 Å². The van der Waals surface area contributed by atoms with E-state index >= 15 is 0 Å². The summed E-state index contributed by atoms with van der Waals surface area (Å²) in [6, 6.07) is 6.12. The lowest BCUT2D eigenvalue weighted by Gasteiger charge is -2.08. The lowest BCUT2D eigenvalue weighted by molar-refractivity contribution is -0.119. The number of carbonyl (C=O) groups is 1. The molecule has 0 saturated heterocycles. The molecule has 2 rings (SSSR count). The number of benzene rings is 1. The van der Waals surface area contributed by atoms with Crippen LogP contribution in [0.4, 0.5) is 5.69 Å². The van der Waals surface area contributed by atoms with E-state index < -0.39 is 15.9 Å². The number of aromatic nitrogens is 1. The highest BCUT2D eigenvalue weighted by atomic mass is 35.5. The average Bonchev–Trinajstić information content (AvgIpc) is 2.84. The maximum Gasteiger partial charge on any atom is 0.273 e. The third-order valence-corrected chi connectivity index (χ3v) is 5.15. The number of nitrogens with one attached hydrogen (secondary N) is 1. The first-order valence-electron chi connectivity index (χ1n) is 5.52. The second kappa shape index (κ2) is 6.29. The number of thiazole rings is 1. The molecule has 3 N–H and O–H groups in total. The van der Waals surface area contributed by atoms with E-state index in [4.69, 9.17) is 22.1 Å². The van der Waals surface area contributed by atoms with Crippen LogP contribution in [0.3, 0.4) is 0 Å². The molecule has 0 radical (unpaired) electrons. The number of primary amides is 1. The number of halogens is 1. The Kier molecular flexibility index (Phi) is 4.66. The molecule has 0 atom stereocenters. The summed E-state index contributed by atoms with van der Waals surface area (Å²) in [6.07, 6.45) is 1.17. The number of anilines is 1. The van der Waals surface area contributed by atoms with Gasteiger partial charge in [0.05, 0.1) is 11.9 Å². The van der Waals surface area contributed by atoms with Crippen molar-refractivity contribution in [2.45, 2.75) is 4.21 Å². The van der Waals surface area contributed by atoms with Crippen LogP contribution in [0.15, 0.2) is 34.7 Å². The molecule has 112 valence electrons. The molecule has 0 aliphatic carbocycles. The SMILES string of the molecule is NC(=O)COc1cccc(NS(=O)(=O)c2cnc(Cl)s2)c1. The fraction of sp³-hybridized carbons (Fsp3) is 0.0909. The Morgan fingerprint density at radius 3 is 2.86 bits per heavy atom. The van der Waals surface area contributed by atoms with Gasteiger partial charge in [-0.05, 0) is 12.1 Å². The van der Waals surface area contributed by atoms with Gasteiger partial charge in [-0.25, -0.2) is 13.4 Å². The number of hydrogen-bond donors (Lipinski definition) is 2. The van der Waals surface area contributed by atoms with E-state index in [0.717, 1.165) is 11.3 Å². The van der Waals surface area contributed by atoms with Gasteiger partial charge in [-0.2, -0.15) is 0 Å². The summed E-state index contributed by atoms with van der Waals surface area (Å²) in [5, 5.41) is 0. The summed E-state index contributed by atoms with van der Waals surface area (Å²) in [7, 11) is -3.77. The standard InChI is InChI=1S/C11H10ClN3O4S2/c12-11-14-5-10(20-11)21(17,18)15-7-2-1-3-8(4-7)19-6-9(13)16/h1-5,15H,6H2,(H2,13,16). The molecular formula is C11H10ClN3O4S2. The predicted molar refractivity (Wildman–Crippen MR) is 79.1 cm³/mol. The molecule has 7 nitrogen and oxygen atoms in total. The van der Waals surface area contributed by atoms with Crippen molar-refractivity contribution in [3.05, 3.63) is 34.9 Å². The summed E-state index contributed by atoms with van der Waals surface area (Å²) < 4.78 is 31.7. The normalized spacial score (nSPS) is 11.1. The monoisotopic (exact) mass is 347 g/mol. The molecule has 10 heteroatoms. The van der Waals surface area contributed by atoms with E-state index in [-0.39, 0.29) is 21.0 Å². The maximum atomic E-state index is 12.1. The van der Waals surface area contributed by atoms with Gasteiger partial charge in [0, 0.05) is 6.07 Å². The van der Waals surface area contributed by atoms with Crippen molar-refractivity contribution in [2.75, 3.05) is 11.3 Å². The lowest BCUT2D eigenvalue weighted by atomic mass is 10.3. The molecule has 0 unspecified atom stereocenters. The third-order valence-electron chi connectivity index (χ3n) is 2.19. The van der Waals surface area contributed by atoms with Crippen LogP contribution in [0.1, 0.15) is 0 Å². The van der Waals surface area contributed by atoms with Crippen LogP contribution in [-0.2, 0) is 14.8 Å². The van der Waals surface area contributed by atoms with Crippen molar-refractivity contribution in [3.63, 3.8) is 0 Å². The van der Waals surface area contributed by atoms with Gasteiger partial charge in [-0.1, -0.05) is 29.0 Å². The van der Waals surface area contributed by atoms with Crippen molar-refractivity contribution in [1.29, 1.82) is 0 Å². The zero-order valence-electron chi connectivity index (χ0n) is 10.4. The number of carbonyl (C=O) groups excluding carboxylic acids is 1. The fourth-order valence-electron chi connectivity index (χ4n) is 1.37. The Morgan fingerprint density at radius 2 is 2.24 bits per heavy atom. The van der Waals surface area contributed by atoms with Gasteiger partial charge in [0.25, 0.3) is 15.9 Å². The van der Waals surface area contributed by atoms with Crippen LogP contribution >= 0.6 is 22.9 Å². The topological polar surface area (TPSA) is 111 Å². The van der Waals surface area contributed by atoms with Crippen LogP contribution in [-0.4, -0.2) is 25.9 Å². The zero-order valence-corrected chi connectivity index (χ0v) is 12.8. The Hall–Kier alpha value is -1.84. The highest BCUT2D eigenvalue weighted by Gasteiger charge is 2.17.